The minimum Gasteiger partial charge on any atom is -0.490 e. The zero-order chi connectivity index (χ0) is 23.5. The minimum atomic E-state index is -0.545. The molecule has 2 heterocycles. The Hall–Kier alpha value is -3.09. The van der Waals surface area contributed by atoms with Crippen molar-refractivity contribution >= 4 is 28.5 Å². The Morgan fingerprint density at radius 2 is 1.88 bits per heavy atom. The van der Waals surface area contributed by atoms with E-state index in [1.165, 1.54) is 0 Å². The van der Waals surface area contributed by atoms with Crippen molar-refractivity contribution in [3.8, 4) is 5.75 Å². The summed E-state index contributed by atoms with van der Waals surface area (Å²) < 4.78 is 11.6. The molecule has 1 atom stereocenters. The maximum atomic E-state index is 13.6. The number of amides is 1. The van der Waals surface area contributed by atoms with Crippen LogP contribution in [0.3, 0.4) is 0 Å². The Morgan fingerprint density at radius 1 is 1.15 bits per heavy atom. The fourth-order valence-corrected chi connectivity index (χ4v) is 4.43. The van der Waals surface area contributed by atoms with Gasteiger partial charge in [0, 0.05) is 18.1 Å². The molecule has 1 unspecified atom stereocenters. The van der Waals surface area contributed by atoms with Crippen LogP contribution in [-0.4, -0.2) is 48.5 Å². The molecule has 0 N–H and O–H groups in total. The first-order chi connectivity index (χ1) is 16.0. The molecular formula is C26H27ClN2O4. The van der Waals surface area contributed by atoms with Gasteiger partial charge in [0.1, 0.15) is 17.9 Å². The van der Waals surface area contributed by atoms with Gasteiger partial charge in [-0.2, -0.15) is 0 Å². The maximum Gasteiger partial charge on any atom is 0.290 e. The lowest BCUT2D eigenvalue weighted by molar-refractivity contribution is 0.0708. The highest BCUT2D eigenvalue weighted by molar-refractivity contribution is 6.31. The third-order valence-electron chi connectivity index (χ3n) is 6.04. The molecule has 2 aromatic carbocycles. The van der Waals surface area contributed by atoms with Crippen molar-refractivity contribution in [1.29, 1.82) is 0 Å². The largest absolute Gasteiger partial charge is 0.490 e. The van der Waals surface area contributed by atoms with Gasteiger partial charge in [0.15, 0.2) is 5.43 Å². The van der Waals surface area contributed by atoms with Crippen molar-refractivity contribution in [2.45, 2.75) is 19.9 Å². The summed E-state index contributed by atoms with van der Waals surface area (Å²) in [7, 11) is 0. The van der Waals surface area contributed by atoms with E-state index in [2.05, 4.69) is 25.3 Å². The maximum absolute atomic E-state index is 13.6. The molecule has 0 spiro atoms. The third kappa shape index (κ3) is 4.41. The average Bonchev–Trinajstić information content (AvgIpc) is 3.11. The summed E-state index contributed by atoms with van der Waals surface area (Å²) in [4.78, 5) is 31.0. The molecule has 7 heteroatoms. The molecule has 33 heavy (non-hydrogen) atoms. The highest BCUT2D eigenvalue weighted by atomic mass is 35.5. The molecule has 0 aliphatic carbocycles. The van der Waals surface area contributed by atoms with Crippen molar-refractivity contribution in [2.24, 2.45) is 0 Å². The lowest BCUT2D eigenvalue weighted by Gasteiger charge is -2.28. The van der Waals surface area contributed by atoms with Crippen LogP contribution in [0, 0.1) is 0 Å². The van der Waals surface area contributed by atoms with E-state index in [0.29, 0.717) is 47.0 Å². The molecule has 1 aromatic heterocycles. The fourth-order valence-electron chi connectivity index (χ4n) is 4.26. The molecule has 1 aliphatic heterocycles. The summed E-state index contributed by atoms with van der Waals surface area (Å²) in [6.45, 7) is 11.2. The predicted molar refractivity (Wildman–Crippen MR) is 130 cm³/mol. The highest BCUT2D eigenvalue weighted by Crippen LogP contribution is 2.38. The molecular weight excluding hydrogens is 440 g/mol. The molecule has 1 amide bonds. The predicted octanol–water partition coefficient (Wildman–Crippen LogP) is 4.90. The van der Waals surface area contributed by atoms with Gasteiger partial charge in [-0.05, 0) is 49.0 Å². The van der Waals surface area contributed by atoms with Gasteiger partial charge in [0.25, 0.3) is 5.91 Å². The number of halogens is 1. The number of nitrogens with zero attached hydrogens (tertiary/aromatic N) is 2. The van der Waals surface area contributed by atoms with E-state index in [4.69, 9.17) is 20.8 Å². The molecule has 4 rings (SSSR count). The zero-order valence-electron chi connectivity index (χ0n) is 18.8. The fraction of sp³-hybridized carbons (Fsp3) is 0.308. The Bertz CT molecular complexity index is 1230. The van der Waals surface area contributed by atoms with Gasteiger partial charge in [0.2, 0.25) is 5.76 Å². The van der Waals surface area contributed by atoms with Gasteiger partial charge in [-0.25, -0.2) is 0 Å². The SMILES string of the molecule is C=CCOc1ccc(C2c3c(oc4ccc(Cl)cc4c3=O)C(=O)N2CCN(CC)CC)cc1. The monoisotopic (exact) mass is 466 g/mol. The highest BCUT2D eigenvalue weighted by Gasteiger charge is 2.42. The molecule has 0 saturated heterocycles. The van der Waals surface area contributed by atoms with Crippen LogP contribution in [0.4, 0.5) is 0 Å². The van der Waals surface area contributed by atoms with E-state index in [-0.39, 0.29) is 17.1 Å². The lowest BCUT2D eigenvalue weighted by Crippen LogP contribution is -2.37. The second kappa shape index (κ2) is 9.81. The van der Waals surface area contributed by atoms with Crippen molar-refractivity contribution in [3.05, 3.63) is 87.3 Å². The Balaban J connectivity index is 1.81. The van der Waals surface area contributed by atoms with Gasteiger partial charge >= 0.3 is 0 Å². The number of hydrogen-bond donors (Lipinski definition) is 0. The third-order valence-corrected chi connectivity index (χ3v) is 6.28. The molecule has 6 nitrogen and oxygen atoms in total. The number of carbonyl (C=O) groups is 1. The smallest absolute Gasteiger partial charge is 0.290 e. The van der Waals surface area contributed by atoms with Crippen LogP contribution in [0.25, 0.3) is 11.0 Å². The summed E-state index contributed by atoms with van der Waals surface area (Å²) in [5, 5.41) is 0.813. The van der Waals surface area contributed by atoms with Crippen molar-refractivity contribution in [2.75, 3.05) is 32.8 Å². The minimum absolute atomic E-state index is 0.103. The van der Waals surface area contributed by atoms with Crippen LogP contribution < -0.4 is 10.2 Å². The molecule has 0 bridgehead atoms. The van der Waals surface area contributed by atoms with Crippen LogP contribution in [0.5, 0.6) is 5.75 Å². The number of carbonyl (C=O) groups excluding carboxylic acids is 1. The van der Waals surface area contributed by atoms with Crippen molar-refractivity contribution < 1.29 is 13.9 Å². The molecule has 1 aliphatic rings. The number of ether oxygens (including phenoxy) is 1. The van der Waals surface area contributed by atoms with Gasteiger partial charge in [-0.1, -0.05) is 50.2 Å². The summed E-state index contributed by atoms with van der Waals surface area (Å²) in [5.41, 5.74) is 1.30. The normalized spacial score (nSPS) is 15.3. The Labute approximate surface area is 198 Å². The lowest BCUT2D eigenvalue weighted by atomic mass is 9.98. The summed E-state index contributed by atoms with van der Waals surface area (Å²) >= 11 is 6.14. The van der Waals surface area contributed by atoms with Gasteiger partial charge in [0.05, 0.1) is 17.0 Å². The Kier molecular flexibility index (Phi) is 6.86. The average molecular weight is 467 g/mol. The number of benzene rings is 2. The molecule has 0 saturated carbocycles. The van der Waals surface area contributed by atoms with Crippen LogP contribution in [-0.2, 0) is 0 Å². The van der Waals surface area contributed by atoms with Crippen LogP contribution in [0.15, 0.2) is 64.3 Å². The summed E-state index contributed by atoms with van der Waals surface area (Å²) in [5.74, 6) is 0.518. The van der Waals surface area contributed by atoms with Gasteiger partial charge < -0.3 is 19.0 Å². The van der Waals surface area contributed by atoms with E-state index in [1.807, 2.05) is 24.3 Å². The zero-order valence-corrected chi connectivity index (χ0v) is 19.6. The van der Waals surface area contributed by atoms with E-state index >= 15 is 0 Å². The summed E-state index contributed by atoms with van der Waals surface area (Å²) in [6, 6.07) is 11.8. The standard InChI is InChI=1S/C26H27ClN2O4/c1-4-15-32-19-10-7-17(8-11-19)23-22-24(30)20-16-18(27)9-12-21(20)33-25(22)26(31)29(23)14-13-28(5-2)6-3/h4,7-12,16,23H,1,5-6,13-15H2,2-3H3. The molecule has 0 fully saturated rings. The van der Waals surface area contributed by atoms with Gasteiger partial charge in [-0.3, -0.25) is 9.59 Å². The Morgan fingerprint density at radius 3 is 2.55 bits per heavy atom. The van der Waals surface area contributed by atoms with Crippen molar-refractivity contribution in [1.82, 2.24) is 9.80 Å². The van der Waals surface area contributed by atoms with Crippen LogP contribution in [0.2, 0.25) is 5.02 Å². The van der Waals surface area contributed by atoms with E-state index in [9.17, 15) is 9.59 Å². The first kappa shape index (κ1) is 23.1. The number of likely N-dealkylation sites (N-methyl/N-ethyl adjacent to an activating group) is 1. The second-order valence-electron chi connectivity index (χ2n) is 7.91. The van der Waals surface area contributed by atoms with Crippen LogP contribution in [0.1, 0.15) is 41.6 Å². The number of fused-ring (bicyclic) bond motifs is 2. The first-order valence-electron chi connectivity index (χ1n) is 11.1. The molecule has 0 radical (unpaired) electrons. The first-order valence-corrected chi connectivity index (χ1v) is 11.5. The topological polar surface area (TPSA) is 63.0 Å². The number of rotatable bonds is 9. The van der Waals surface area contributed by atoms with E-state index < -0.39 is 6.04 Å². The second-order valence-corrected chi connectivity index (χ2v) is 8.35. The van der Waals surface area contributed by atoms with E-state index in [0.717, 1.165) is 18.7 Å². The number of hydrogen-bond acceptors (Lipinski definition) is 5. The quantitative estimate of drug-likeness (QED) is 0.420. The molecule has 3 aromatic rings. The van der Waals surface area contributed by atoms with E-state index in [1.54, 1.807) is 29.2 Å². The summed E-state index contributed by atoms with van der Waals surface area (Å²) in [6.07, 6.45) is 1.68. The van der Waals surface area contributed by atoms with Crippen LogP contribution >= 0.6 is 11.6 Å². The van der Waals surface area contributed by atoms with Crippen molar-refractivity contribution in [3.63, 3.8) is 0 Å². The van der Waals surface area contributed by atoms with Gasteiger partial charge in [-0.15, -0.1) is 0 Å². The molecule has 172 valence electrons.